The maximum Gasteiger partial charge on any atom is 0.142 e. The quantitative estimate of drug-likeness (QED) is 0.558. The van der Waals surface area contributed by atoms with Crippen LogP contribution in [0.3, 0.4) is 0 Å². The molecular weight excluding hydrogens is 147 g/mol. The monoisotopic (exact) mass is 156 g/mol. The van der Waals surface area contributed by atoms with Crippen LogP contribution in [0.4, 0.5) is 0 Å². The van der Waals surface area contributed by atoms with Crippen LogP contribution in [0, 0.1) is 18.3 Å². The van der Waals surface area contributed by atoms with Crippen molar-refractivity contribution in [1.29, 1.82) is 5.26 Å². The molecule has 2 nitrogen and oxygen atoms in total. The van der Waals surface area contributed by atoms with Crippen molar-refractivity contribution >= 4 is 13.4 Å². The molecule has 0 atom stereocenters. The van der Waals surface area contributed by atoms with Crippen molar-refractivity contribution in [3.63, 3.8) is 0 Å². The average molecular weight is 156 g/mol. The molecule has 0 amide bonds. The molecule has 1 aromatic rings. The molecule has 58 valence electrons. The number of hydrogen-bond acceptors (Lipinski definition) is 2. The van der Waals surface area contributed by atoms with Crippen LogP contribution in [0.1, 0.15) is 23.7 Å². The Morgan fingerprint density at radius 1 is 1.67 bits per heavy atom. The Hall–Kier alpha value is -1.30. The number of pyridine rings is 1. The summed E-state index contributed by atoms with van der Waals surface area (Å²) in [4.78, 5) is 4.07. The van der Waals surface area contributed by atoms with E-state index in [-0.39, 0.29) is 0 Å². The molecule has 0 unspecified atom stereocenters. The zero-order chi connectivity index (χ0) is 9.14. The van der Waals surface area contributed by atoms with Crippen molar-refractivity contribution in [1.82, 2.24) is 4.98 Å². The topological polar surface area (TPSA) is 36.7 Å². The molecule has 0 aliphatic heterocycles. The highest BCUT2D eigenvalue weighted by atomic mass is 14.7. The molecule has 2 radical (unpaired) electrons. The van der Waals surface area contributed by atoms with E-state index in [1.165, 1.54) is 0 Å². The standard InChI is InChI=1S/C9H9BN2/c1-3-7-4-8(5-11)6(2)12-9(7)10/h4H,3H2,1-2H3. The highest BCUT2D eigenvalue weighted by Gasteiger charge is 2.02. The largest absolute Gasteiger partial charge is 0.268 e. The molecule has 12 heavy (non-hydrogen) atoms. The van der Waals surface area contributed by atoms with Gasteiger partial charge in [0, 0.05) is 0 Å². The SMILES string of the molecule is [B]c1nc(C)c(C#N)cc1CC. The first-order valence-electron chi connectivity index (χ1n) is 3.85. The van der Waals surface area contributed by atoms with Gasteiger partial charge in [-0.15, -0.1) is 0 Å². The third-order valence-electron chi connectivity index (χ3n) is 1.83. The van der Waals surface area contributed by atoms with Crippen LogP contribution in [-0.4, -0.2) is 12.8 Å². The van der Waals surface area contributed by atoms with Crippen LogP contribution < -0.4 is 5.59 Å². The van der Waals surface area contributed by atoms with Gasteiger partial charge in [-0.05, 0) is 30.6 Å². The molecule has 0 saturated heterocycles. The number of hydrogen-bond donors (Lipinski definition) is 0. The van der Waals surface area contributed by atoms with Crippen LogP contribution in [0.5, 0.6) is 0 Å². The molecule has 0 saturated carbocycles. The molecule has 0 fully saturated rings. The summed E-state index contributed by atoms with van der Waals surface area (Å²) in [6, 6.07) is 3.88. The summed E-state index contributed by atoms with van der Waals surface area (Å²) in [5.41, 5.74) is 2.79. The minimum absolute atomic E-state index is 0.536. The molecule has 0 aliphatic rings. The fraction of sp³-hybridized carbons (Fsp3) is 0.333. The fourth-order valence-electron chi connectivity index (χ4n) is 1.06. The van der Waals surface area contributed by atoms with Gasteiger partial charge < -0.3 is 0 Å². The van der Waals surface area contributed by atoms with Gasteiger partial charge in [0.1, 0.15) is 13.9 Å². The molecular formula is C9H9BN2. The molecule has 0 bridgehead atoms. The van der Waals surface area contributed by atoms with Crippen molar-refractivity contribution in [2.24, 2.45) is 0 Å². The van der Waals surface area contributed by atoms with E-state index in [9.17, 15) is 0 Å². The van der Waals surface area contributed by atoms with Gasteiger partial charge in [-0.1, -0.05) is 6.92 Å². The highest BCUT2D eigenvalue weighted by Crippen LogP contribution is 2.04. The second kappa shape index (κ2) is 3.40. The maximum absolute atomic E-state index is 8.70. The first kappa shape index (κ1) is 8.80. The minimum atomic E-state index is 0.536. The number of aryl methyl sites for hydroxylation is 2. The van der Waals surface area contributed by atoms with Gasteiger partial charge in [0.05, 0.1) is 11.3 Å². The van der Waals surface area contributed by atoms with Gasteiger partial charge >= 0.3 is 0 Å². The summed E-state index contributed by atoms with van der Waals surface area (Å²) in [5, 5.41) is 8.70. The van der Waals surface area contributed by atoms with Crippen LogP contribution in [0.15, 0.2) is 6.07 Å². The van der Waals surface area contributed by atoms with E-state index in [2.05, 4.69) is 11.1 Å². The lowest BCUT2D eigenvalue weighted by Gasteiger charge is -2.04. The van der Waals surface area contributed by atoms with Crippen LogP contribution >= 0.6 is 0 Å². The summed E-state index contributed by atoms with van der Waals surface area (Å²) in [7, 11) is 5.63. The third-order valence-corrected chi connectivity index (χ3v) is 1.83. The van der Waals surface area contributed by atoms with Crippen molar-refractivity contribution in [2.75, 3.05) is 0 Å². The first-order valence-corrected chi connectivity index (χ1v) is 3.85. The lowest BCUT2D eigenvalue weighted by Crippen LogP contribution is -2.16. The molecule has 0 N–H and O–H groups in total. The van der Waals surface area contributed by atoms with Crippen molar-refractivity contribution < 1.29 is 0 Å². The zero-order valence-corrected chi connectivity index (χ0v) is 7.26. The van der Waals surface area contributed by atoms with Gasteiger partial charge in [-0.3, -0.25) is 4.98 Å². The van der Waals surface area contributed by atoms with Gasteiger partial charge in [-0.2, -0.15) is 5.26 Å². The predicted molar refractivity (Wildman–Crippen MR) is 48.5 cm³/mol. The van der Waals surface area contributed by atoms with Gasteiger partial charge in [0.2, 0.25) is 0 Å². The second-order valence-electron chi connectivity index (χ2n) is 2.63. The maximum atomic E-state index is 8.70. The van der Waals surface area contributed by atoms with E-state index < -0.39 is 0 Å². The zero-order valence-electron chi connectivity index (χ0n) is 7.26. The first-order chi connectivity index (χ1) is 5.69. The van der Waals surface area contributed by atoms with Crippen LogP contribution in [0.25, 0.3) is 0 Å². The molecule has 1 heterocycles. The summed E-state index contributed by atoms with van der Waals surface area (Å²) in [5.74, 6) is 0. The van der Waals surface area contributed by atoms with Crippen LogP contribution in [-0.2, 0) is 6.42 Å². The van der Waals surface area contributed by atoms with E-state index in [4.69, 9.17) is 13.1 Å². The molecule has 1 aromatic heterocycles. The summed E-state index contributed by atoms with van der Waals surface area (Å²) in [6.45, 7) is 3.78. The molecule has 1 rings (SSSR count). The smallest absolute Gasteiger partial charge is 0.142 e. The average Bonchev–Trinajstić information content (AvgIpc) is 2.05. The Morgan fingerprint density at radius 2 is 2.33 bits per heavy atom. The summed E-state index contributed by atoms with van der Waals surface area (Å²) in [6.07, 6.45) is 0.813. The number of nitriles is 1. The van der Waals surface area contributed by atoms with Gasteiger partial charge in [0.15, 0.2) is 0 Å². The van der Waals surface area contributed by atoms with E-state index in [1.807, 2.05) is 6.92 Å². The van der Waals surface area contributed by atoms with Gasteiger partial charge in [-0.25, -0.2) is 0 Å². The Labute approximate surface area is 73.7 Å². The Balaban J connectivity index is 3.30. The fourth-order valence-corrected chi connectivity index (χ4v) is 1.06. The predicted octanol–water partition coefficient (Wildman–Crippen LogP) is 0.618. The van der Waals surface area contributed by atoms with E-state index in [1.54, 1.807) is 13.0 Å². The Morgan fingerprint density at radius 3 is 2.83 bits per heavy atom. The molecule has 0 spiro atoms. The van der Waals surface area contributed by atoms with Crippen molar-refractivity contribution in [3.05, 3.63) is 22.9 Å². The van der Waals surface area contributed by atoms with Gasteiger partial charge in [0.25, 0.3) is 0 Å². The summed E-state index contributed by atoms with van der Waals surface area (Å²) < 4.78 is 0. The number of nitrogens with zero attached hydrogens (tertiary/aromatic N) is 2. The Kier molecular flexibility index (Phi) is 2.49. The lowest BCUT2D eigenvalue weighted by molar-refractivity contribution is 1.10. The molecule has 3 heteroatoms. The van der Waals surface area contributed by atoms with Crippen molar-refractivity contribution in [3.8, 4) is 6.07 Å². The normalized spacial score (nSPS) is 9.42. The Bertz CT molecular complexity index is 339. The minimum Gasteiger partial charge on any atom is -0.268 e. The highest BCUT2D eigenvalue weighted by molar-refractivity contribution is 6.31. The van der Waals surface area contributed by atoms with E-state index in [0.717, 1.165) is 12.0 Å². The lowest BCUT2D eigenvalue weighted by atomic mass is 9.94. The molecule has 0 aromatic carbocycles. The third kappa shape index (κ3) is 1.48. The van der Waals surface area contributed by atoms with E-state index >= 15 is 0 Å². The van der Waals surface area contributed by atoms with E-state index in [0.29, 0.717) is 16.9 Å². The molecule has 0 aliphatic carbocycles. The van der Waals surface area contributed by atoms with Crippen LogP contribution in [0.2, 0.25) is 0 Å². The summed E-state index contributed by atoms with van der Waals surface area (Å²) >= 11 is 0. The van der Waals surface area contributed by atoms with Crippen molar-refractivity contribution in [2.45, 2.75) is 20.3 Å². The number of rotatable bonds is 1. The second-order valence-corrected chi connectivity index (χ2v) is 2.63. The number of aromatic nitrogens is 1.